The van der Waals surface area contributed by atoms with Crippen molar-refractivity contribution < 1.29 is 0 Å². The summed E-state index contributed by atoms with van der Waals surface area (Å²) in [5.74, 6) is 0.869. The van der Waals surface area contributed by atoms with Crippen molar-refractivity contribution in [2.75, 3.05) is 25.0 Å². The molecule has 1 aliphatic carbocycles. The SMILES string of the molecule is CCCNC(CN(C)c1ccccc1C)C1CCCC1. The number of benzene rings is 1. The van der Waals surface area contributed by atoms with Gasteiger partial charge in [0.2, 0.25) is 0 Å². The Morgan fingerprint density at radius 2 is 1.95 bits per heavy atom. The van der Waals surface area contributed by atoms with Gasteiger partial charge in [-0.3, -0.25) is 0 Å². The van der Waals surface area contributed by atoms with Crippen LogP contribution in [-0.4, -0.2) is 26.2 Å². The molecule has 0 aromatic heterocycles. The molecule has 0 aliphatic heterocycles. The minimum atomic E-state index is 0.641. The van der Waals surface area contributed by atoms with E-state index >= 15 is 0 Å². The summed E-state index contributed by atoms with van der Waals surface area (Å²) in [6.45, 7) is 6.72. The number of aryl methyl sites for hydroxylation is 1. The van der Waals surface area contributed by atoms with Gasteiger partial charge in [0.15, 0.2) is 0 Å². The van der Waals surface area contributed by atoms with E-state index in [0.29, 0.717) is 6.04 Å². The highest BCUT2D eigenvalue weighted by Gasteiger charge is 2.25. The summed E-state index contributed by atoms with van der Waals surface area (Å²) in [4.78, 5) is 2.43. The highest BCUT2D eigenvalue weighted by molar-refractivity contribution is 5.52. The zero-order valence-corrected chi connectivity index (χ0v) is 13.4. The molecule has 1 fully saturated rings. The third-order valence-corrected chi connectivity index (χ3v) is 4.62. The largest absolute Gasteiger partial charge is 0.373 e. The third-order valence-electron chi connectivity index (χ3n) is 4.62. The number of hydrogen-bond acceptors (Lipinski definition) is 2. The van der Waals surface area contributed by atoms with Gasteiger partial charge in [0.1, 0.15) is 0 Å². The van der Waals surface area contributed by atoms with Crippen LogP contribution >= 0.6 is 0 Å². The standard InChI is InChI=1S/C18H30N2/c1-4-13-19-17(16-10-6-7-11-16)14-20(3)18-12-8-5-9-15(18)2/h5,8-9,12,16-17,19H,4,6-7,10-11,13-14H2,1-3H3. The molecule has 0 amide bonds. The molecule has 2 heteroatoms. The van der Waals surface area contributed by atoms with Crippen LogP contribution in [0.25, 0.3) is 0 Å². The molecule has 0 spiro atoms. The third kappa shape index (κ3) is 3.99. The van der Waals surface area contributed by atoms with Crippen molar-refractivity contribution in [2.45, 2.75) is 52.0 Å². The molecule has 1 aliphatic rings. The lowest BCUT2D eigenvalue weighted by Gasteiger charge is -2.31. The summed E-state index contributed by atoms with van der Waals surface area (Å²) in [7, 11) is 2.23. The van der Waals surface area contributed by atoms with Crippen LogP contribution in [0.5, 0.6) is 0 Å². The van der Waals surface area contributed by atoms with Gasteiger partial charge in [-0.15, -0.1) is 0 Å². The van der Waals surface area contributed by atoms with Crippen LogP contribution in [-0.2, 0) is 0 Å². The Bertz CT molecular complexity index is 396. The monoisotopic (exact) mass is 274 g/mol. The van der Waals surface area contributed by atoms with Crippen molar-refractivity contribution in [3.05, 3.63) is 29.8 Å². The van der Waals surface area contributed by atoms with Crippen LogP contribution in [0, 0.1) is 12.8 Å². The number of likely N-dealkylation sites (N-methyl/N-ethyl adjacent to an activating group) is 1. The maximum absolute atomic E-state index is 3.79. The maximum atomic E-state index is 3.79. The van der Waals surface area contributed by atoms with E-state index in [4.69, 9.17) is 0 Å². The van der Waals surface area contributed by atoms with E-state index in [1.165, 1.54) is 43.4 Å². The summed E-state index contributed by atoms with van der Waals surface area (Å²) < 4.78 is 0. The zero-order chi connectivity index (χ0) is 14.4. The Hall–Kier alpha value is -1.02. The molecule has 2 nitrogen and oxygen atoms in total. The van der Waals surface area contributed by atoms with Crippen LogP contribution in [0.2, 0.25) is 0 Å². The molecule has 1 aromatic rings. The second-order valence-corrected chi connectivity index (χ2v) is 6.27. The molecule has 1 unspecified atom stereocenters. The predicted molar refractivity (Wildman–Crippen MR) is 88.5 cm³/mol. The van der Waals surface area contributed by atoms with Crippen LogP contribution in [0.3, 0.4) is 0 Å². The number of para-hydroxylation sites is 1. The lowest BCUT2D eigenvalue weighted by atomic mass is 9.97. The normalized spacial score (nSPS) is 17.4. The highest BCUT2D eigenvalue weighted by atomic mass is 15.1. The number of nitrogens with zero attached hydrogens (tertiary/aromatic N) is 1. The zero-order valence-electron chi connectivity index (χ0n) is 13.4. The number of hydrogen-bond donors (Lipinski definition) is 1. The van der Waals surface area contributed by atoms with Gasteiger partial charge in [0.05, 0.1) is 0 Å². The molecule has 2 rings (SSSR count). The van der Waals surface area contributed by atoms with Gasteiger partial charge in [-0.2, -0.15) is 0 Å². The maximum Gasteiger partial charge on any atom is 0.0393 e. The molecule has 20 heavy (non-hydrogen) atoms. The highest BCUT2D eigenvalue weighted by Crippen LogP contribution is 2.29. The fourth-order valence-electron chi connectivity index (χ4n) is 3.45. The van der Waals surface area contributed by atoms with E-state index in [0.717, 1.165) is 19.0 Å². The summed E-state index contributed by atoms with van der Waals surface area (Å²) in [6.07, 6.45) is 6.87. The van der Waals surface area contributed by atoms with Gasteiger partial charge in [-0.25, -0.2) is 0 Å². The number of nitrogens with one attached hydrogen (secondary N) is 1. The number of rotatable bonds is 7. The van der Waals surface area contributed by atoms with E-state index in [2.05, 4.69) is 55.4 Å². The molecular formula is C18H30N2. The molecule has 1 N–H and O–H groups in total. The lowest BCUT2D eigenvalue weighted by Crippen LogP contribution is -2.44. The molecule has 112 valence electrons. The van der Waals surface area contributed by atoms with Crippen molar-refractivity contribution in [2.24, 2.45) is 5.92 Å². The van der Waals surface area contributed by atoms with Gasteiger partial charge >= 0.3 is 0 Å². The van der Waals surface area contributed by atoms with Crippen molar-refractivity contribution in [1.82, 2.24) is 5.32 Å². The van der Waals surface area contributed by atoms with Crippen LogP contribution in [0.1, 0.15) is 44.6 Å². The van der Waals surface area contributed by atoms with E-state index in [1.54, 1.807) is 0 Å². The van der Waals surface area contributed by atoms with Crippen LogP contribution in [0.15, 0.2) is 24.3 Å². The molecule has 1 atom stereocenters. The average molecular weight is 274 g/mol. The summed E-state index contributed by atoms with van der Waals surface area (Å²) in [6, 6.07) is 9.35. The van der Waals surface area contributed by atoms with Gasteiger partial charge in [0.25, 0.3) is 0 Å². The minimum Gasteiger partial charge on any atom is -0.373 e. The molecule has 0 bridgehead atoms. The quantitative estimate of drug-likeness (QED) is 0.809. The Morgan fingerprint density at radius 3 is 2.60 bits per heavy atom. The second kappa shape index (κ2) is 7.68. The Balaban J connectivity index is 2.00. The van der Waals surface area contributed by atoms with Gasteiger partial charge in [-0.1, -0.05) is 38.0 Å². The Labute approximate surface area is 124 Å². The molecule has 0 heterocycles. The fourth-order valence-corrected chi connectivity index (χ4v) is 3.45. The fraction of sp³-hybridized carbons (Fsp3) is 0.667. The van der Waals surface area contributed by atoms with Crippen molar-refractivity contribution in [3.8, 4) is 0 Å². The molecule has 1 saturated carbocycles. The van der Waals surface area contributed by atoms with Crippen LogP contribution in [0.4, 0.5) is 5.69 Å². The summed E-state index contributed by atoms with van der Waals surface area (Å²) in [5.41, 5.74) is 2.74. The molecule has 0 saturated heterocycles. The van der Waals surface area contributed by atoms with E-state index < -0.39 is 0 Å². The Morgan fingerprint density at radius 1 is 1.25 bits per heavy atom. The van der Waals surface area contributed by atoms with Crippen molar-refractivity contribution in [3.63, 3.8) is 0 Å². The van der Waals surface area contributed by atoms with Gasteiger partial charge in [-0.05, 0) is 50.3 Å². The summed E-state index contributed by atoms with van der Waals surface area (Å²) >= 11 is 0. The first-order valence-corrected chi connectivity index (χ1v) is 8.22. The van der Waals surface area contributed by atoms with E-state index in [-0.39, 0.29) is 0 Å². The van der Waals surface area contributed by atoms with Crippen molar-refractivity contribution >= 4 is 5.69 Å². The first-order valence-electron chi connectivity index (χ1n) is 8.22. The lowest BCUT2D eigenvalue weighted by molar-refractivity contribution is 0.361. The Kier molecular flexibility index (Phi) is 5.90. The van der Waals surface area contributed by atoms with Gasteiger partial charge < -0.3 is 10.2 Å². The van der Waals surface area contributed by atoms with Crippen LogP contribution < -0.4 is 10.2 Å². The minimum absolute atomic E-state index is 0.641. The first-order chi connectivity index (χ1) is 9.72. The topological polar surface area (TPSA) is 15.3 Å². The first kappa shape index (κ1) is 15.4. The van der Waals surface area contributed by atoms with E-state index in [1.807, 2.05) is 0 Å². The second-order valence-electron chi connectivity index (χ2n) is 6.27. The molecule has 0 radical (unpaired) electrons. The smallest absolute Gasteiger partial charge is 0.0393 e. The van der Waals surface area contributed by atoms with Gasteiger partial charge in [0, 0.05) is 25.3 Å². The molecule has 1 aromatic carbocycles. The van der Waals surface area contributed by atoms with Crippen molar-refractivity contribution in [1.29, 1.82) is 0 Å². The predicted octanol–water partition coefficient (Wildman–Crippen LogP) is 3.99. The summed E-state index contributed by atoms with van der Waals surface area (Å²) in [5, 5.41) is 3.79. The molecular weight excluding hydrogens is 244 g/mol. The van der Waals surface area contributed by atoms with E-state index in [9.17, 15) is 0 Å². The number of anilines is 1. The average Bonchev–Trinajstić information content (AvgIpc) is 2.97.